The summed E-state index contributed by atoms with van der Waals surface area (Å²) in [5.74, 6) is -1.41. The van der Waals surface area contributed by atoms with Crippen LogP contribution in [0.25, 0.3) is 11.3 Å². The number of nitrogens with zero attached hydrogens (tertiary/aromatic N) is 3. The summed E-state index contributed by atoms with van der Waals surface area (Å²) in [4.78, 5) is 17.4. The van der Waals surface area contributed by atoms with E-state index in [1.807, 2.05) is 6.07 Å². The largest absolute Gasteiger partial charge is 0.382 e. The fraction of sp³-hybridized carbons (Fsp3) is 0.320. The number of hydrogen-bond donors (Lipinski definition) is 1. The van der Waals surface area contributed by atoms with Crippen molar-refractivity contribution in [1.82, 2.24) is 9.55 Å². The standard InChI is InChI=1S/C25H20ClF2N3O2/c26-18-9-15(2-4-19(18)27)14-5-7-25(33,8-6-14)22(32)10-20-23-17(21-12-30-13-31(20)21)3-1-16(11-29)24(23)28/h1-4,9,12-14,20,33H,5-8,10H2. The van der Waals surface area contributed by atoms with Gasteiger partial charge in [-0.15, -0.1) is 0 Å². The lowest BCUT2D eigenvalue weighted by Gasteiger charge is -2.36. The van der Waals surface area contributed by atoms with Gasteiger partial charge in [-0.1, -0.05) is 23.7 Å². The number of carbonyl (C=O) groups excluding carboxylic acids is 1. The predicted molar refractivity (Wildman–Crippen MR) is 118 cm³/mol. The van der Waals surface area contributed by atoms with Gasteiger partial charge < -0.3 is 9.67 Å². The van der Waals surface area contributed by atoms with E-state index in [0.717, 1.165) is 5.56 Å². The van der Waals surface area contributed by atoms with Crippen molar-refractivity contribution in [1.29, 1.82) is 5.26 Å². The van der Waals surface area contributed by atoms with Crippen molar-refractivity contribution < 1.29 is 18.7 Å². The first-order valence-corrected chi connectivity index (χ1v) is 11.2. The van der Waals surface area contributed by atoms with E-state index in [0.29, 0.717) is 24.1 Å². The zero-order valence-corrected chi connectivity index (χ0v) is 18.3. The monoisotopic (exact) mass is 467 g/mol. The molecule has 1 atom stereocenters. The van der Waals surface area contributed by atoms with Gasteiger partial charge in [-0.05, 0) is 55.4 Å². The second-order valence-corrected chi connectivity index (χ2v) is 9.22. The van der Waals surface area contributed by atoms with Crippen molar-refractivity contribution in [3.05, 3.63) is 76.2 Å². The van der Waals surface area contributed by atoms with E-state index in [1.54, 1.807) is 29.0 Å². The van der Waals surface area contributed by atoms with E-state index in [9.17, 15) is 19.6 Å². The van der Waals surface area contributed by atoms with E-state index in [1.165, 1.54) is 18.5 Å². The summed E-state index contributed by atoms with van der Waals surface area (Å²) in [6, 6.07) is 8.88. The smallest absolute Gasteiger partial charge is 0.166 e. The summed E-state index contributed by atoms with van der Waals surface area (Å²) in [6.07, 6.45) is 4.64. The third kappa shape index (κ3) is 3.54. The Morgan fingerprint density at radius 2 is 2.03 bits per heavy atom. The van der Waals surface area contributed by atoms with Gasteiger partial charge in [0.15, 0.2) is 5.78 Å². The molecular formula is C25H20ClF2N3O2. The number of aromatic nitrogens is 2. The first-order valence-electron chi connectivity index (χ1n) is 10.8. The maximum Gasteiger partial charge on any atom is 0.166 e. The van der Waals surface area contributed by atoms with Crippen LogP contribution in [-0.2, 0) is 4.79 Å². The molecule has 168 valence electrons. The lowest BCUT2D eigenvalue weighted by molar-refractivity contribution is -0.141. The number of aliphatic hydroxyl groups is 1. The van der Waals surface area contributed by atoms with Crippen LogP contribution in [0, 0.1) is 23.0 Å². The second-order valence-electron chi connectivity index (χ2n) is 8.81. The summed E-state index contributed by atoms with van der Waals surface area (Å²) in [5, 5.41) is 20.5. The van der Waals surface area contributed by atoms with Gasteiger partial charge in [0.1, 0.15) is 23.3 Å². The lowest BCUT2D eigenvalue weighted by atomic mass is 9.73. The van der Waals surface area contributed by atoms with Crippen LogP contribution in [0.3, 0.4) is 0 Å². The molecule has 0 amide bonds. The van der Waals surface area contributed by atoms with E-state index in [-0.39, 0.29) is 47.1 Å². The minimum Gasteiger partial charge on any atom is -0.382 e. The fourth-order valence-electron chi connectivity index (χ4n) is 5.17. The number of Topliss-reactive ketones (excluding diaryl/α,β-unsaturated/α-hetero) is 1. The van der Waals surface area contributed by atoms with Crippen molar-refractivity contribution >= 4 is 17.4 Å². The molecule has 2 aromatic carbocycles. The Kier molecular flexibility index (Phi) is 5.31. The molecule has 2 aliphatic rings. The summed E-state index contributed by atoms with van der Waals surface area (Å²) in [6.45, 7) is 0. The summed E-state index contributed by atoms with van der Waals surface area (Å²) < 4.78 is 30.3. The number of nitriles is 1. The number of carbonyl (C=O) groups is 1. The Balaban J connectivity index is 1.36. The minimum absolute atomic E-state index is 0.0548. The zero-order valence-electron chi connectivity index (χ0n) is 17.6. The number of fused-ring (bicyclic) bond motifs is 3. The zero-order chi connectivity index (χ0) is 23.3. The number of imidazole rings is 1. The van der Waals surface area contributed by atoms with E-state index >= 15 is 4.39 Å². The SMILES string of the molecule is N#Cc1ccc2c(c1F)C(CC(=O)C1(O)CCC(c3ccc(F)c(Cl)c3)CC1)n1cncc1-2. The number of halogens is 3. The maximum absolute atomic E-state index is 15.1. The molecule has 1 saturated carbocycles. The van der Waals surface area contributed by atoms with Gasteiger partial charge >= 0.3 is 0 Å². The van der Waals surface area contributed by atoms with Gasteiger partial charge in [-0.3, -0.25) is 4.79 Å². The number of ketones is 1. The van der Waals surface area contributed by atoms with Gasteiger partial charge in [0.2, 0.25) is 0 Å². The molecule has 0 radical (unpaired) electrons. The normalized spacial score (nSPS) is 23.6. The third-order valence-corrected chi connectivity index (χ3v) is 7.33. The maximum atomic E-state index is 15.1. The molecule has 1 fully saturated rings. The molecule has 8 heteroatoms. The van der Waals surface area contributed by atoms with E-state index < -0.39 is 23.3 Å². The highest BCUT2D eigenvalue weighted by molar-refractivity contribution is 6.30. The fourth-order valence-corrected chi connectivity index (χ4v) is 5.36. The van der Waals surface area contributed by atoms with Crippen molar-refractivity contribution in [3.63, 3.8) is 0 Å². The topological polar surface area (TPSA) is 78.9 Å². The number of rotatable bonds is 4. The molecule has 0 spiro atoms. The molecule has 5 nitrogen and oxygen atoms in total. The first kappa shape index (κ1) is 21.7. The van der Waals surface area contributed by atoms with Crippen molar-refractivity contribution in [2.45, 2.75) is 49.7 Å². The molecule has 1 unspecified atom stereocenters. The molecule has 1 aliphatic carbocycles. The van der Waals surface area contributed by atoms with Crippen LogP contribution in [0.15, 0.2) is 42.9 Å². The molecule has 1 N–H and O–H groups in total. The van der Waals surface area contributed by atoms with Gasteiger partial charge in [-0.25, -0.2) is 13.8 Å². The van der Waals surface area contributed by atoms with Gasteiger partial charge in [-0.2, -0.15) is 5.26 Å². The highest BCUT2D eigenvalue weighted by atomic mass is 35.5. The lowest BCUT2D eigenvalue weighted by Crippen LogP contribution is -2.42. The summed E-state index contributed by atoms with van der Waals surface area (Å²) in [5.41, 5.74) is 0.850. The van der Waals surface area contributed by atoms with Crippen LogP contribution >= 0.6 is 11.6 Å². The number of benzene rings is 2. The van der Waals surface area contributed by atoms with Crippen LogP contribution in [0.4, 0.5) is 8.78 Å². The minimum atomic E-state index is -1.52. The Morgan fingerprint density at radius 3 is 2.73 bits per heavy atom. The molecule has 3 aromatic rings. The molecule has 5 rings (SSSR count). The van der Waals surface area contributed by atoms with Crippen molar-refractivity contribution in [2.75, 3.05) is 0 Å². The number of hydrogen-bond acceptors (Lipinski definition) is 4. The van der Waals surface area contributed by atoms with Crippen LogP contribution in [0.2, 0.25) is 5.02 Å². The average Bonchev–Trinajstić information content (AvgIpc) is 3.39. The highest BCUT2D eigenvalue weighted by Gasteiger charge is 2.43. The van der Waals surface area contributed by atoms with Crippen LogP contribution in [0.1, 0.15) is 60.8 Å². The third-order valence-electron chi connectivity index (χ3n) is 7.04. The quantitative estimate of drug-likeness (QED) is 0.564. The molecule has 33 heavy (non-hydrogen) atoms. The van der Waals surface area contributed by atoms with Gasteiger partial charge in [0, 0.05) is 17.5 Å². The van der Waals surface area contributed by atoms with Crippen LogP contribution in [0.5, 0.6) is 0 Å². The van der Waals surface area contributed by atoms with Gasteiger partial charge in [0.25, 0.3) is 0 Å². The second kappa shape index (κ2) is 8.05. The molecule has 0 bridgehead atoms. The molecule has 1 aromatic heterocycles. The first-order chi connectivity index (χ1) is 15.8. The Labute approximate surface area is 194 Å². The molecule has 1 aliphatic heterocycles. The van der Waals surface area contributed by atoms with E-state index in [2.05, 4.69) is 4.98 Å². The Morgan fingerprint density at radius 1 is 1.27 bits per heavy atom. The molecular weight excluding hydrogens is 448 g/mol. The average molecular weight is 468 g/mol. The Bertz CT molecular complexity index is 1310. The van der Waals surface area contributed by atoms with Gasteiger partial charge in [0.05, 0.1) is 34.8 Å². The van der Waals surface area contributed by atoms with Crippen LogP contribution in [-0.4, -0.2) is 26.0 Å². The highest BCUT2D eigenvalue weighted by Crippen LogP contribution is 2.45. The van der Waals surface area contributed by atoms with E-state index in [4.69, 9.17) is 11.6 Å². The summed E-state index contributed by atoms with van der Waals surface area (Å²) in [7, 11) is 0. The summed E-state index contributed by atoms with van der Waals surface area (Å²) >= 11 is 5.91. The van der Waals surface area contributed by atoms with Crippen molar-refractivity contribution in [2.24, 2.45) is 0 Å². The Hall–Kier alpha value is -3.08. The van der Waals surface area contributed by atoms with Crippen molar-refractivity contribution in [3.8, 4) is 17.3 Å². The predicted octanol–water partition coefficient (Wildman–Crippen LogP) is 5.30. The van der Waals surface area contributed by atoms with Crippen LogP contribution < -0.4 is 0 Å². The molecule has 2 heterocycles. The molecule has 0 saturated heterocycles.